The highest BCUT2D eigenvalue weighted by Gasteiger charge is 2.13. The highest BCUT2D eigenvalue weighted by Crippen LogP contribution is 2.27. The van der Waals surface area contributed by atoms with Crippen molar-refractivity contribution in [3.05, 3.63) is 54.1 Å². The third-order valence-electron chi connectivity index (χ3n) is 3.37. The van der Waals surface area contributed by atoms with Crippen molar-refractivity contribution >= 4 is 11.7 Å². The second-order valence-electron chi connectivity index (χ2n) is 4.90. The van der Waals surface area contributed by atoms with Crippen LogP contribution >= 0.6 is 0 Å². The molecule has 1 N–H and O–H groups in total. The lowest BCUT2D eigenvalue weighted by molar-refractivity contribution is 0.0601. The molecule has 0 heterocycles. The van der Waals surface area contributed by atoms with Crippen LogP contribution in [0.5, 0.6) is 0 Å². The van der Waals surface area contributed by atoms with Crippen molar-refractivity contribution in [2.75, 3.05) is 19.0 Å². The van der Waals surface area contributed by atoms with Crippen LogP contribution in [-0.4, -0.2) is 19.6 Å². The van der Waals surface area contributed by atoms with Crippen molar-refractivity contribution < 1.29 is 9.53 Å². The van der Waals surface area contributed by atoms with Gasteiger partial charge in [-0.15, -0.1) is 0 Å². The standard InChI is InChI=1S/C18H21NO2/c1-3-4-12-19-15-10-11-16(18(20)21-2)17(13-15)14-8-6-5-7-9-14/h5-11,13,19H,3-4,12H2,1-2H3. The maximum atomic E-state index is 11.9. The minimum Gasteiger partial charge on any atom is -0.465 e. The van der Waals surface area contributed by atoms with Gasteiger partial charge in [0.1, 0.15) is 0 Å². The van der Waals surface area contributed by atoms with E-state index in [0.717, 1.165) is 36.2 Å². The zero-order chi connectivity index (χ0) is 15.1. The molecule has 0 atom stereocenters. The smallest absolute Gasteiger partial charge is 0.338 e. The van der Waals surface area contributed by atoms with Crippen molar-refractivity contribution in [1.29, 1.82) is 0 Å². The number of nitrogens with one attached hydrogen (secondary N) is 1. The second kappa shape index (κ2) is 7.48. The molecule has 0 aliphatic carbocycles. The number of anilines is 1. The number of carbonyl (C=O) groups is 1. The van der Waals surface area contributed by atoms with Crippen LogP contribution < -0.4 is 5.32 Å². The summed E-state index contributed by atoms with van der Waals surface area (Å²) in [7, 11) is 1.41. The lowest BCUT2D eigenvalue weighted by atomic mass is 9.99. The molecule has 0 aliphatic rings. The molecule has 0 fully saturated rings. The molecule has 3 heteroatoms. The summed E-state index contributed by atoms with van der Waals surface area (Å²) in [6.07, 6.45) is 2.28. The molecule has 0 bridgehead atoms. The molecule has 0 aliphatic heterocycles. The summed E-state index contributed by atoms with van der Waals surface area (Å²) < 4.78 is 4.88. The Morgan fingerprint density at radius 3 is 2.57 bits per heavy atom. The first-order chi connectivity index (χ1) is 10.3. The summed E-state index contributed by atoms with van der Waals surface area (Å²) in [6, 6.07) is 15.6. The number of methoxy groups -OCH3 is 1. The molecular weight excluding hydrogens is 262 g/mol. The van der Waals surface area contributed by atoms with Gasteiger partial charge in [-0.05, 0) is 35.7 Å². The van der Waals surface area contributed by atoms with Gasteiger partial charge in [0, 0.05) is 12.2 Å². The molecule has 0 aromatic heterocycles. The summed E-state index contributed by atoms with van der Waals surface area (Å²) in [4.78, 5) is 11.9. The van der Waals surface area contributed by atoms with Crippen LogP contribution in [-0.2, 0) is 4.74 Å². The van der Waals surface area contributed by atoms with Crippen molar-refractivity contribution in [3.63, 3.8) is 0 Å². The van der Waals surface area contributed by atoms with Gasteiger partial charge in [-0.3, -0.25) is 0 Å². The average Bonchev–Trinajstić information content (AvgIpc) is 2.55. The number of hydrogen-bond acceptors (Lipinski definition) is 3. The molecule has 2 rings (SSSR count). The lowest BCUT2D eigenvalue weighted by Crippen LogP contribution is -2.06. The Hall–Kier alpha value is -2.29. The van der Waals surface area contributed by atoms with Gasteiger partial charge in [0.25, 0.3) is 0 Å². The minimum absolute atomic E-state index is 0.311. The molecule has 3 nitrogen and oxygen atoms in total. The molecule has 0 saturated carbocycles. The van der Waals surface area contributed by atoms with E-state index in [1.54, 1.807) is 0 Å². The van der Waals surface area contributed by atoms with E-state index in [9.17, 15) is 4.79 Å². The number of esters is 1. The van der Waals surface area contributed by atoms with Gasteiger partial charge in [-0.2, -0.15) is 0 Å². The van der Waals surface area contributed by atoms with E-state index in [0.29, 0.717) is 5.56 Å². The topological polar surface area (TPSA) is 38.3 Å². The quantitative estimate of drug-likeness (QED) is 0.632. The van der Waals surface area contributed by atoms with Crippen LogP contribution in [0, 0.1) is 0 Å². The number of hydrogen-bond donors (Lipinski definition) is 1. The summed E-state index contributed by atoms with van der Waals surface area (Å²) in [6.45, 7) is 3.10. The Bertz CT molecular complexity index is 593. The minimum atomic E-state index is -0.311. The molecule has 2 aromatic carbocycles. The van der Waals surface area contributed by atoms with Gasteiger partial charge >= 0.3 is 5.97 Å². The monoisotopic (exact) mass is 283 g/mol. The summed E-state index contributed by atoms with van der Waals surface area (Å²) in [5.74, 6) is -0.311. The van der Waals surface area contributed by atoms with Crippen LogP contribution in [0.4, 0.5) is 5.69 Å². The van der Waals surface area contributed by atoms with Gasteiger partial charge in [-0.1, -0.05) is 43.7 Å². The van der Waals surface area contributed by atoms with Crippen LogP contribution in [0.1, 0.15) is 30.1 Å². The van der Waals surface area contributed by atoms with Crippen LogP contribution in [0.3, 0.4) is 0 Å². The van der Waals surface area contributed by atoms with Crippen molar-refractivity contribution in [2.45, 2.75) is 19.8 Å². The van der Waals surface area contributed by atoms with E-state index in [1.165, 1.54) is 7.11 Å². The SMILES string of the molecule is CCCCNc1ccc(C(=O)OC)c(-c2ccccc2)c1. The Morgan fingerprint density at radius 2 is 1.90 bits per heavy atom. The molecule has 0 amide bonds. The third kappa shape index (κ3) is 3.85. The summed E-state index contributed by atoms with van der Waals surface area (Å²) >= 11 is 0. The Balaban J connectivity index is 2.37. The largest absolute Gasteiger partial charge is 0.465 e. The molecule has 0 radical (unpaired) electrons. The van der Waals surface area contributed by atoms with E-state index < -0.39 is 0 Å². The van der Waals surface area contributed by atoms with Crippen molar-refractivity contribution in [2.24, 2.45) is 0 Å². The first-order valence-electron chi connectivity index (χ1n) is 7.28. The lowest BCUT2D eigenvalue weighted by Gasteiger charge is -2.12. The second-order valence-corrected chi connectivity index (χ2v) is 4.90. The van der Waals surface area contributed by atoms with E-state index >= 15 is 0 Å². The number of benzene rings is 2. The number of unbranched alkanes of at least 4 members (excludes halogenated alkanes) is 1. The average molecular weight is 283 g/mol. The fourth-order valence-corrected chi connectivity index (χ4v) is 2.21. The third-order valence-corrected chi connectivity index (χ3v) is 3.37. The predicted octanol–water partition coefficient (Wildman–Crippen LogP) is 4.35. The highest BCUT2D eigenvalue weighted by molar-refractivity contribution is 5.98. The highest BCUT2D eigenvalue weighted by atomic mass is 16.5. The van der Waals surface area contributed by atoms with Gasteiger partial charge in [0.15, 0.2) is 0 Å². The Labute approximate surface area is 126 Å². The van der Waals surface area contributed by atoms with Gasteiger partial charge < -0.3 is 10.1 Å². The zero-order valence-electron chi connectivity index (χ0n) is 12.6. The van der Waals surface area contributed by atoms with E-state index in [1.807, 2.05) is 48.5 Å². The van der Waals surface area contributed by atoms with Crippen molar-refractivity contribution in [1.82, 2.24) is 0 Å². The van der Waals surface area contributed by atoms with E-state index in [4.69, 9.17) is 4.74 Å². The summed E-state index contributed by atoms with van der Waals surface area (Å²) in [5, 5.41) is 3.39. The number of ether oxygens (including phenoxy) is 1. The summed E-state index contributed by atoms with van der Waals surface area (Å²) in [5.41, 5.74) is 3.51. The number of rotatable bonds is 6. The van der Waals surface area contributed by atoms with Crippen molar-refractivity contribution in [3.8, 4) is 11.1 Å². The molecule has 2 aromatic rings. The fourth-order valence-electron chi connectivity index (χ4n) is 2.21. The molecule has 110 valence electrons. The maximum Gasteiger partial charge on any atom is 0.338 e. The number of carbonyl (C=O) groups excluding carboxylic acids is 1. The first-order valence-corrected chi connectivity index (χ1v) is 7.28. The predicted molar refractivity (Wildman–Crippen MR) is 86.6 cm³/mol. The molecular formula is C18H21NO2. The van der Waals surface area contributed by atoms with Gasteiger partial charge in [0.05, 0.1) is 12.7 Å². The van der Waals surface area contributed by atoms with Crippen LogP contribution in [0.25, 0.3) is 11.1 Å². The molecule has 0 spiro atoms. The van der Waals surface area contributed by atoms with Gasteiger partial charge in [-0.25, -0.2) is 4.79 Å². The fraction of sp³-hybridized carbons (Fsp3) is 0.278. The molecule has 0 unspecified atom stereocenters. The van der Waals surface area contributed by atoms with E-state index in [2.05, 4.69) is 12.2 Å². The first kappa shape index (κ1) is 15.1. The Morgan fingerprint density at radius 1 is 1.14 bits per heavy atom. The zero-order valence-corrected chi connectivity index (χ0v) is 12.6. The van der Waals surface area contributed by atoms with E-state index in [-0.39, 0.29) is 5.97 Å². The molecule has 0 saturated heterocycles. The maximum absolute atomic E-state index is 11.9. The normalized spacial score (nSPS) is 10.2. The van der Waals surface area contributed by atoms with Crippen LogP contribution in [0.15, 0.2) is 48.5 Å². The van der Waals surface area contributed by atoms with Gasteiger partial charge in [0.2, 0.25) is 0 Å². The molecule has 21 heavy (non-hydrogen) atoms. The Kier molecular flexibility index (Phi) is 5.38. The van der Waals surface area contributed by atoms with Crippen LogP contribution in [0.2, 0.25) is 0 Å².